The van der Waals surface area contributed by atoms with Gasteiger partial charge in [0.05, 0.1) is 0 Å². The molecule has 22 heavy (non-hydrogen) atoms. The van der Waals surface area contributed by atoms with Crippen LogP contribution in [0.2, 0.25) is 0 Å². The molecule has 0 unspecified atom stereocenters. The molecule has 1 N–H and O–H groups in total. The van der Waals surface area contributed by atoms with Crippen LogP contribution in [0.1, 0.15) is 35.9 Å². The lowest BCUT2D eigenvalue weighted by molar-refractivity contribution is 0.0915. The van der Waals surface area contributed by atoms with E-state index in [1.165, 1.54) is 18.6 Å². The molecule has 1 fully saturated rings. The summed E-state index contributed by atoms with van der Waals surface area (Å²) in [5.41, 5.74) is 1.23. The van der Waals surface area contributed by atoms with Crippen LogP contribution < -0.4 is 5.32 Å². The molecule has 1 saturated heterocycles. The number of halogens is 1. The lowest BCUT2D eigenvalue weighted by Crippen LogP contribution is -2.40. The van der Waals surface area contributed by atoms with E-state index in [9.17, 15) is 9.18 Å². The first-order valence-corrected chi connectivity index (χ1v) is 7.81. The first-order chi connectivity index (χ1) is 10.6. The first kappa shape index (κ1) is 15.0. The topological polar surface area (TPSA) is 45.5 Å². The summed E-state index contributed by atoms with van der Waals surface area (Å²) < 4.78 is 18.9. The maximum atomic E-state index is 13.3. The highest BCUT2D eigenvalue weighted by Gasteiger charge is 2.24. The van der Waals surface area contributed by atoms with Crippen molar-refractivity contribution in [3.05, 3.63) is 35.3 Å². The van der Waals surface area contributed by atoms with Crippen LogP contribution in [0, 0.1) is 12.7 Å². The molecule has 1 amide bonds. The second kappa shape index (κ2) is 6.08. The van der Waals surface area contributed by atoms with Gasteiger partial charge in [-0.15, -0.1) is 0 Å². The van der Waals surface area contributed by atoms with E-state index in [1.54, 1.807) is 13.0 Å². The summed E-state index contributed by atoms with van der Waals surface area (Å²) >= 11 is 0. The molecule has 0 bridgehead atoms. The van der Waals surface area contributed by atoms with Gasteiger partial charge in [0.15, 0.2) is 5.76 Å². The largest absolute Gasteiger partial charge is 0.451 e. The fourth-order valence-electron chi connectivity index (χ4n) is 3.24. The third-order valence-electron chi connectivity index (χ3n) is 4.51. The number of hydrogen-bond donors (Lipinski definition) is 1. The number of carbonyl (C=O) groups excluding carboxylic acids is 1. The lowest BCUT2D eigenvalue weighted by atomic mass is 10.1. The Hall–Kier alpha value is -1.88. The normalized spacial score (nSPS) is 19.0. The summed E-state index contributed by atoms with van der Waals surface area (Å²) in [4.78, 5) is 14.7. The fraction of sp³-hybridized carbons (Fsp3) is 0.471. The Morgan fingerprint density at radius 1 is 1.50 bits per heavy atom. The summed E-state index contributed by atoms with van der Waals surface area (Å²) in [5, 5.41) is 3.61. The average molecular weight is 304 g/mol. The third kappa shape index (κ3) is 2.73. The van der Waals surface area contributed by atoms with Gasteiger partial charge in [0.1, 0.15) is 11.4 Å². The molecule has 1 aromatic carbocycles. The van der Waals surface area contributed by atoms with E-state index in [-0.39, 0.29) is 17.5 Å². The Morgan fingerprint density at radius 3 is 3.09 bits per heavy atom. The van der Waals surface area contributed by atoms with Gasteiger partial charge in [0, 0.05) is 23.5 Å². The van der Waals surface area contributed by atoms with Crippen molar-refractivity contribution in [2.24, 2.45) is 0 Å². The molecular weight excluding hydrogens is 283 g/mol. The molecule has 5 heteroatoms. The molecular formula is C17H21FN2O2. The Kier molecular flexibility index (Phi) is 4.16. The van der Waals surface area contributed by atoms with E-state index in [2.05, 4.69) is 17.1 Å². The van der Waals surface area contributed by atoms with Crippen LogP contribution in [0.15, 0.2) is 22.6 Å². The minimum atomic E-state index is -0.326. The quantitative estimate of drug-likeness (QED) is 0.944. The van der Waals surface area contributed by atoms with E-state index >= 15 is 0 Å². The zero-order valence-corrected chi connectivity index (χ0v) is 13.0. The Labute approximate surface area is 129 Å². The van der Waals surface area contributed by atoms with E-state index in [1.807, 2.05) is 0 Å². The molecule has 118 valence electrons. The van der Waals surface area contributed by atoms with Gasteiger partial charge in [-0.1, -0.05) is 6.92 Å². The number of fused-ring (bicyclic) bond motifs is 1. The zero-order chi connectivity index (χ0) is 15.7. The number of rotatable bonds is 4. The number of nitrogens with one attached hydrogen (secondary N) is 1. The Morgan fingerprint density at radius 2 is 2.32 bits per heavy atom. The molecule has 2 heterocycles. The van der Waals surface area contributed by atoms with Gasteiger partial charge >= 0.3 is 0 Å². The number of nitrogens with zero attached hydrogens (tertiary/aromatic N) is 1. The van der Waals surface area contributed by atoms with Crippen molar-refractivity contribution < 1.29 is 13.6 Å². The van der Waals surface area contributed by atoms with Crippen molar-refractivity contribution >= 4 is 16.9 Å². The molecule has 3 rings (SSSR count). The zero-order valence-electron chi connectivity index (χ0n) is 13.0. The minimum absolute atomic E-state index is 0.225. The van der Waals surface area contributed by atoms with Crippen molar-refractivity contribution in [3.63, 3.8) is 0 Å². The molecule has 1 aliphatic heterocycles. The standard InChI is InChI=1S/C17H21FN2O2/c1-3-20-8-4-5-13(20)10-19-17(21)16-11(2)14-9-12(18)6-7-15(14)22-16/h6-7,9,13H,3-5,8,10H2,1-2H3,(H,19,21)/t13-/m1/s1. The number of likely N-dealkylation sites (tertiary alicyclic amines) is 1. The maximum Gasteiger partial charge on any atom is 0.287 e. The summed E-state index contributed by atoms with van der Waals surface area (Å²) in [6.45, 7) is 6.65. The van der Waals surface area contributed by atoms with Crippen LogP contribution in [0.4, 0.5) is 4.39 Å². The predicted octanol–water partition coefficient (Wildman–Crippen LogP) is 3.09. The van der Waals surface area contributed by atoms with Gasteiger partial charge in [-0.05, 0) is 51.1 Å². The molecule has 1 aromatic heterocycles. The number of hydrogen-bond acceptors (Lipinski definition) is 3. The van der Waals surface area contributed by atoms with Crippen LogP contribution in [-0.2, 0) is 0 Å². The average Bonchev–Trinajstić information content (AvgIpc) is 3.10. The molecule has 1 aliphatic rings. The number of amides is 1. The highest BCUT2D eigenvalue weighted by atomic mass is 19.1. The molecule has 1 atom stereocenters. The van der Waals surface area contributed by atoms with Gasteiger partial charge < -0.3 is 9.73 Å². The SMILES string of the molecule is CCN1CCC[C@@H]1CNC(=O)c1oc2ccc(F)cc2c1C. The summed E-state index contributed by atoms with van der Waals surface area (Å²) in [7, 11) is 0. The number of benzene rings is 1. The van der Waals surface area contributed by atoms with Crippen LogP contribution in [0.25, 0.3) is 11.0 Å². The number of likely N-dealkylation sites (N-methyl/N-ethyl adjacent to an activating group) is 1. The van der Waals surface area contributed by atoms with Gasteiger partial charge in [-0.2, -0.15) is 0 Å². The minimum Gasteiger partial charge on any atom is -0.451 e. The van der Waals surface area contributed by atoms with E-state index in [0.29, 0.717) is 29.1 Å². The predicted molar refractivity (Wildman–Crippen MR) is 83.5 cm³/mol. The third-order valence-corrected chi connectivity index (χ3v) is 4.51. The second-order valence-corrected chi connectivity index (χ2v) is 5.83. The van der Waals surface area contributed by atoms with Crippen molar-refractivity contribution in [2.75, 3.05) is 19.6 Å². The molecule has 2 aromatic rings. The Bertz CT molecular complexity index is 695. The second-order valence-electron chi connectivity index (χ2n) is 5.83. The summed E-state index contributed by atoms with van der Waals surface area (Å²) in [6, 6.07) is 4.70. The maximum absolute atomic E-state index is 13.3. The summed E-state index contributed by atoms with van der Waals surface area (Å²) in [6.07, 6.45) is 2.29. The van der Waals surface area contributed by atoms with Crippen molar-refractivity contribution in [1.82, 2.24) is 10.2 Å². The number of carbonyl (C=O) groups is 1. The van der Waals surface area contributed by atoms with Crippen molar-refractivity contribution in [3.8, 4) is 0 Å². The molecule has 0 spiro atoms. The van der Waals surface area contributed by atoms with E-state index in [4.69, 9.17) is 4.42 Å². The van der Waals surface area contributed by atoms with Crippen LogP contribution in [0.3, 0.4) is 0 Å². The highest BCUT2D eigenvalue weighted by Crippen LogP contribution is 2.26. The highest BCUT2D eigenvalue weighted by molar-refractivity contribution is 5.98. The molecule has 4 nitrogen and oxygen atoms in total. The van der Waals surface area contributed by atoms with Gasteiger partial charge in [0.25, 0.3) is 5.91 Å². The van der Waals surface area contributed by atoms with Gasteiger partial charge in [0.2, 0.25) is 0 Å². The summed E-state index contributed by atoms with van der Waals surface area (Å²) in [5.74, 6) is -0.272. The van der Waals surface area contributed by atoms with Crippen LogP contribution in [-0.4, -0.2) is 36.5 Å². The fourth-order valence-corrected chi connectivity index (χ4v) is 3.24. The van der Waals surface area contributed by atoms with E-state index in [0.717, 1.165) is 19.5 Å². The van der Waals surface area contributed by atoms with Gasteiger partial charge in [-0.3, -0.25) is 9.69 Å². The van der Waals surface area contributed by atoms with Gasteiger partial charge in [-0.25, -0.2) is 4.39 Å². The molecule has 0 saturated carbocycles. The van der Waals surface area contributed by atoms with Crippen molar-refractivity contribution in [1.29, 1.82) is 0 Å². The van der Waals surface area contributed by atoms with Crippen LogP contribution >= 0.6 is 0 Å². The van der Waals surface area contributed by atoms with Crippen molar-refractivity contribution in [2.45, 2.75) is 32.7 Å². The smallest absolute Gasteiger partial charge is 0.287 e. The lowest BCUT2D eigenvalue weighted by Gasteiger charge is -2.22. The van der Waals surface area contributed by atoms with Crippen LogP contribution in [0.5, 0.6) is 0 Å². The first-order valence-electron chi connectivity index (χ1n) is 7.81. The molecule has 0 radical (unpaired) electrons. The molecule has 0 aliphatic carbocycles. The Balaban J connectivity index is 1.74. The monoisotopic (exact) mass is 304 g/mol. The number of furan rings is 1. The van der Waals surface area contributed by atoms with E-state index < -0.39 is 0 Å². The number of aryl methyl sites for hydroxylation is 1.